The minimum atomic E-state index is -3.55. The SMILES string of the molecule is CN(C)S(=O)(=O)c1ccc(-c2cc(C(=O)NCC3CCC(CNC(=O)O[C@H]4CCOC4)CC3)c3ccccc3n2)cc1. The van der Waals surface area contributed by atoms with E-state index in [1.165, 1.54) is 18.4 Å². The van der Waals surface area contributed by atoms with E-state index in [-0.39, 0.29) is 23.0 Å². The van der Waals surface area contributed by atoms with Crippen molar-refractivity contribution in [3.63, 3.8) is 0 Å². The average molecular weight is 595 g/mol. The number of rotatable bonds is 9. The van der Waals surface area contributed by atoms with Crippen LogP contribution in [0.15, 0.2) is 59.5 Å². The molecule has 1 aliphatic carbocycles. The minimum absolute atomic E-state index is 0.148. The number of benzene rings is 2. The number of aromatic nitrogens is 1. The molecule has 42 heavy (non-hydrogen) atoms. The van der Waals surface area contributed by atoms with E-state index in [9.17, 15) is 18.0 Å². The van der Waals surface area contributed by atoms with Gasteiger partial charge in [-0.25, -0.2) is 22.5 Å². The first kappa shape index (κ1) is 29.9. The van der Waals surface area contributed by atoms with E-state index in [2.05, 4.69) is 10.6 Å². The second kappa shape index (κ2) is 13.2. The molecule has 5 rings (SSSR count). The number of fused-ring (bicyclic) bond motifs is 1. The number of pyridine rings is 1. The number of para-hydroxylation sites is 1. The molecule has 2 fully saturated rings. The van der Waals surface area contributed by atoms with Gasteiger partial charge in [-0.3, -0.25) is 4.79 Å². The van der Waals surface area contributed by atoms with Crippen LogP contribution in [0.2, 0.25) is 0 Å². The molecule has 0 spiro atoms. The van der Waals surface area contributed by atoms with Crippen LogP contribution in [-0.4, -0.2) is 76.2 Å². The van der Waals surface area contributed by atoms with Crippen LogP contribution in [0.4, 0.5) is 4.79 Å². The number of amides is 2. The maximum absolute atomic E-state index is 13.4. The van der Waals surface area contributed by atoms with E-state index in [0.29, 0.717) is 54.9 Å². The zero-order chi connectivity index (χ0) is 29.7. The van der Waals surface area contributed by atoms with E-state index in [4.69, 9.17) is 14.5 Å². The molecule has 2 aliphatic rings. The Morgan fingerprint density at radius 1 is 0.952 bits per heavy atom. The van der Waals surface area contributed by atoms with Crippen molar-refractivity contribution in [1.82, 2.24) is 19.9 Å². The summed E-state index contributed by atoms with van der Waals surface area (Å²) in [5.41, 5.74) is 2.54. The maximum atomic E-state index is 13.4. The van der Waals surface area contributed by atoms with Gasteiger partial charge in [0, 0.05) is 44.6 Å². The van der Waals surface area contributed by atoms with Crippen LogP contribution in [0.25, 0.3) is 22.2 Å². The first-order valence-electron chi connectivity index (χ1n) is 14.4. The molecule has 2 heterocycles. The highest BCUT2D eigenvalue weighted by Gasteiger charge is 2.25. The van der Waals surface area contributed by atoms with Crippen molar-refractivity contribution in [2.75, 3.05) is 40.4 Å². The number of alkyl carbamates (subject to hydrolysis) is 1. The van der Waals surface area contributed by atoms with Crippen molar-refractivity contribution in [1.29, 1.82) is 0 Å². The van der Waals surface area contributed by atoms with Crippen LogP contribution in [0.5, 0.6) is 0 Å². The van der Waals surface area contributed by atoms with Crippen LogP contribution >= 0.6 is 0 Å². The molecule has 1 atom stereocenters. The predicted molar refractivity (Wildman–Crippen MR) is 160 cm³/mol. The van der Waals surface area contributed by atoms with Gasteiger partial charge >= 0.3 is 6.09 Å². The summed E-state index contributed by atoms with van der Waals surface area (Å²) in [6.45, 7) is 2.28. The van der Waals surface area contributed by atoms with E-state index < -0.39 is 10.0 Å². The fraction of sp³-hybridized carbons (Fsp3) is 0.452. The molecule has 2 aromatic carbocycles. The first-order chi connectivity index (χ1) is 20.2. The lowest BCUT2D eigenvalue weighted by atomic mass is 9.82. The van der Waals surface area contributed by atoms with Crippen molar-refractivity contribution in [2.24, 2.45) is 11.8 Å². The molecular formula is C31H38N4O6S. The van der Waals surface area contributed by atoms with Gasteiger partial charge in [-0.2, -0.15) is 0 Å². The lowest BCUT2D eigenvalue weighted by Gasteiger charge is -2.28. The number of hydrogen-bond acceptors (Lipinski definition) is 7. The Morgan fingerprint density at radius 3 is 2.26 bits per heavy atom. The summed E-state index contributed by atoms with van der Waals surface area (Å²) >= 11 is 0. The highest BCUT2D eigenvalue weighted by molar-refractivity contribution is 7.89. The quantitative estimate of drug-likeness (QED) is 0.380. The Kier molecular flexibility index (Phi) is 9.40. The number of carbonyl (C=O) groups is 2. The Bertz CT molecular complexity index is 1510. The van der Waals surface area contributed by atoms with Crippen molar-refractivity contribution < 1.29 is 27.5 Å². The topological polar surface area (TPSA) is 127 Å². The summed E-state index contributed by atoms with van der Waals surface area (Å²) in [5, 5.41) is 6.79. The van der Waals surface area contributed by atoms with Gasteiger partial charge in [0.05, 0.1) is 34.9 Å². The van der Waals surface area contributed by atoms with E-state index in [0.717, 1.165) is 43.1 Å². The van der Waals surface area contributed by atoms with Gasteiger partial charge in [0.25, 0.3) is 5.91 Å². The summed E-state index contributed by atoms with van der Waals surface area (Å²) in [4.78, 5) is 30.4. The summed E-state index contributed by atoms with van der Waals surface area (Å²) in [6.07, 6.45) is 4.14. The molecule has 0 bridgehead atoms. The first-order valence-corrected chi connectivity index (χ1v) is 15.9. The van der Waals surface area contributed by atoms with Crippen molar-refractivity contribution >= 4 is 32.9 Å². The number of hydrogen-bond donors (Lipinski definition) is 2. The standard InChI is InChI=1S/C31H38N4O6S/c1-35(2)42(38,39)25-13-11-23(12-14-25)29-17-27(26-5-3-4-6-28(26)34-29)30(36)32-18-21-7-9-22(10-8-21)19-33-31(37)41-24-15-16-40-20-24/h3-6,11-14,17,21-22,24H,7-10,15-16,18-20H2,1-2H3,(H,32,36)(H,33,37)/t21?,22?,24-/m0/s1. The third-order valence-electron chi connectivity index (χ3n) is 8.10. The molecule has 3 aromatic rings. The van der Waals surface area contributed by atoms with Crippen molar-refractivity contribution in [2.45, 2.75) is 43.1 Å². The summed E-state index contributed by atoms with van der Waals surface area (Å²) in [6, 6.07) is 15.8. The largest absolute Gasteiger partial charge is 0.444 e. The van der Waals surface area contributed by atoms with E-state index in [1.54, 1.807) is 30.3 Å². The molecule has 0 radical (unpaired) electrons. The molecule has 11 heteroatoms. The van der Waals surface area contributed by atoms with Crippen molar-refractivity contribution in [3.05, 3.63) is 60.2 Å². The fourth-order valence-electron chi connectivity index (χ4n) is 5.52. The van der Waals surface area contributed by atoms with Gasteiger partial charge in [-0.15, -0.1) is 0 Å². The molecule has 0 unspecified atom stereocenters. The van der Waals surface area contributed by atoms with Crippen LogP contribution in [-0.2, 0) is 19.5 Å². The molecule has 224 valence electrons. The Hall–Kier alpha value is -3.54. The Balaban J connectivity index is 1.19. The van der Waals surface area contributed by atoms with Gasteiger partial charge in [0.15, 0.2) is 0 Å². The Labute approximate surface area is 246 Å². The summed E-state index contributed by atoms with van der Waals surface area (Å²) in [5.74, 6) is 0.603. The molecule has 2 N–H and O–H groups in total. The zero-order valence-electron chi connectivity index (χ0n) is 24.0. The van der Waals surface area contributed by atoms with Crippen LogP contribution in [0.1, 0.15) is 42.5 Å². The second-order valence-corrected chi connectivity index (χ2v) is 13.4. The van der Waals surface area contributed by atoms with Gasteiger partial charge in [-0.05, 0) is 61.8 Å². The predicted octanol–water partition coefficient (Wildman–Crippen LogP) is 4.20. The molecule has 10 nitrogen and oxygen atoms in total. The van der Waals surface area contributed by atoms with E-state index in [1.807, 2.05) is 24.3 Å². The normalized spacial score (nSPS) is 20.9. The van der Waals surface area contributed by atoms with E-state index >= 15 is 0 Å². The van der Waals surface area contributed by atoms with Crippen LogP contribution in [0.3, 0.4) is 0 Å². The van der Waals surface area contributed by atoms with Gasteiger partial charge in [0.2, 0.25) is 10.0 Å². The molecule has 1 saturated carbocycles. The summed E-state index contributed by atoms with van der Waals surface area (Å²) < 4.78 is 36.7. The van der Waals surface area contributed by atoms with Crippen LogP contribution < -0.4 is 10.6 Å². The number of carbonyl (C=O) groups excluding carboxylic acids is 2. The number of sulfonamides is 1. The number of ether oxygens (including phenoxy) is 2. The van der Waals surface area contributed by atoms with Crippen molar-refractivity contribution in [3.8, 4) is 11.3 Å². The molecular weight excluding hydrogens is 556 g/mol. The summed E-state index contributed by atoms with van der Waals surface area (Å²) in [7, 11) is -0.556. The Morgan fingerprint density at radius 2 is 1.62 bits per heavy atom. The fourth-order valence-corrected chi connectivity index (χ4v) is 6.42. The third kappa shape index (κ3) is 7.08. The lowest BCUT2D eigenvalue weighted by Crippen LogP contribution is -2.36. The molecule has 1 aliphatic heterocycles. The van der Waals surface area contributed by atoms with Crippen LogP contribution in [0, 0.1) is 11.8 Å². The van der Waals surface area contributed by atoms with Gasteiger partial charge < -0.3 is 20.1 Å². The minimum Gasteiger partial charge on any atom is -0.444 e. The third-order valence-corrected chi connectivity index (χ3v) is 9.93. The molecule has 2 amide bonds. The number of nitrogens with zero attached hydrogens (tertiary/aromatic N) is 2. The second-order valence-electron chi connectivity index (χ2n) is 11.3. The monoisotopic (exact) mass is 594 g/mol. The smallest absolute Gasteiger partial charge is 0.407 e. The molecule has 1 saturated heterocycles. The van der Waals surface area contributed by atoms with Gasteiger partial charge in [0.1, 0.15) is 6.10 Å². The van der Waals surface area contributed by atoms with Gasteiger partial charge in [-0.1, -0.05) is 30.3 Å². The zero-order valence-corrected chi connectivity index (χ0v) is 24.9. The maximum Gasteiger partial charge on any atom is 0.407 e. The average Bonchev–Trinajstić information content (AvgIpc) is 3.51. The molecule has 1 aromatic heterocycles. The number of nitrogens with one attached hydrogen (secondary N) is 2. The lowest BCUT2D eigenvalue weighted by molar-refractivity contribution is 0.0813. The highest BCUT2D eigenvalue weighted by atomic mass is 32.2. The highest BCUT2D eigenvalue weighted by Crippen LogP contribution is 2.29.